The Morgan fingerprint density at radius 1 is 0.923 bits per heavy atom. The average molecular weight is 524 g/mol. The van der Waals surface area contributed by atoms with E-state index >= 15 is 0 Å². The summed E-state index contributed by atoms with van der Waals surface area (Å²) >= 11 is 0. The molecule has 3 atom stereocenters. The molecule has 3 aliphatic rings. The lowest BCUT2D eigenvalue weighted by molar-refractivity contribution is -0.384. The van der Waals surface area contributed by atoms with E-state index in [0.717, 1.165) is 10.5 Å². The number of benzene rings is 3. The predicted octanol–water partition coefficient (Wildman–Crippen LogP) is 3.27. The molecule has 0 spiro atoms. The molecule has 1 fully saturated rings. The first-order valence-electron chi connectivity index (χ1n) is 12.2. The summed E-state index contributed by atoms with van der Waals surface area (Å²) in [6.07, 6.45) is 0.389. The molecule has 0 radical (unpaired) electrons. The standard InChI is InChI=1S/C27H21N7O5/c35-23(16-31-25-24(28-30-31)26(36)32(27(25)37)19-9-5-2-6-10-19)33-22(18-11-13-20(14-12-18)34(38)39)15-21(29-33)17-7-3-1-4-8-17/h1-14,22,24-25H,15-16H2/t22-,24+,25-/m0/s1. The molecule has 3 aliphatic heterocycles. The number of non-ortho nitro benzene ring substituents is 1. The Kier molecular flexibility index (Phi) is 5.91. The molecule has 39 heavy (non-hydrogen) atoms. The second kappa shape index (κ2) is 9.56. The third-order valence-corrected chi connectivity index (χ3v) is 6.93. The second-order valence-corrected chi connectivity index (χ2v) is 9.26. The quantitative estimate of drug-likeness (QED) is 0.276. The Balaban J connectivity index is 1.26. The normalized spacial score (nSPS) is 21.9. The maximum Gasteiger partial charge on any atom is 0.269 e. The van der Waals surface area contributed by atoms with E-state index in [1.807, 2.05) is 30.3 Å². The number of hydrogen-bond acceptors (Lipinski definition) is 9. The Morgan fingerprint density at radius 2 is 1.59 bits per heavy atom. The summed E-state index contributed by atoms with van der Waals surface area (Å²) in [5.41, 5.74) is 2.56. The first-order valence-corrected chi connectivity index (χ1v) is 12.2. The van der Waals surface area contributed by atoms with E-state index in [2.05, 4.69) is 15.4 Å². The molecule has 0 unspecified atom stereocenters. The molecule has 0 saturated carbocycles. The molecular formula is C27H21N7O5. The highest BCUT2D eigenvalue weighted by molar-refractivity contribution is 6.25. The van der Waals surface area contributed by atoms with Crippen LogP contribution in [0.25, 0.3) is 0 Å². The summed E-state index contributed by atoms with van der Waals surface area (Å²) in [5, 5.41) is 26.3. The number of nitro groups is 1. The van der Waals surface area contributed by atoms with Gasteiger partial charge in [-0.15, -0.1) is 0 Å². The molecule has 3 heterocycles. The molecule has 0 aliphatic carbocycles. The van der Waals surface area contributed by atoms with Crippen molar-refractivity contribution in [2.24, 2.45) is 15.4 Å². The van der Waals surface area contributed by atoms with Crippen molar-refractivity contribution < 1.29 is 19.3 Å². The van der Waals surface area contributed by atoms with Gasteiger partial charge >= 0.3 is 0 Å². The predicted molar refractivity (Wildman–Crippen MR) is 138 cm³/mol. The van der Waals surface area contributed by atoms with E-state index < -0.39 is 40.8 Å². The van der Waals surface area contributed by atoms with E-state index in [-0.39, 0.29) is 12.2 Å². The van der Waals surface area contributed by atoms with E-state index in [4.69, 9.17) is 0 Å². The Hall–Kier alpha value is -5.26. The minimum Gasteiger partial charge on any atom is -0.271 e. The number of fused-ring (bicyclic) bond motifs is 1. The highest BCUT2D eigenvalue weighted by atomic mass is 16.6. The van der Waals surface area contributed by atoms with Crippen molar-refractivity contribution in [3.05, 3.63) is 106 Å². The van der Waals surface area contributed by atoms with Crippen LogP contribution in [-0.4, -0.2) is 57.0 Å². The van der Waals surface area contributed by atoms with Crippen LogP contribution in [0.1, 0.15) is 23.6 Å². The van der Waals surface area contributed by atoms with Crippen LogP contribution in [0.5, 0.6) is 0 Å². The monoisotopic (exact) mass is 523 g/mol. The van der Waals surface area contributed by atoms with Gasteiger partial charge in [0.05, 0.1) is 22.4 Å². The smallest absolute Gasteiger partial charge is 0.269 e. The lowest BCUT2D eigenvalue weighted by atomic mass is 9.98. The largest absolute Gasteiger partial charge is 0.271 e. The molecule has 3 aromatic carbocycles. The molecule has 3 amide bonds. The van der Waals surface area contributed by atoms with Crippen LogP contribution >= 0.6 is 0 Å². The van der Waals surface area contributed by atoms with Gasteiger partial charge in [0.1, 0.15) is 6.54 Å². The van der Waals surface area contributed by atoms with Crippen molar-refractivity contribution in [2.75, 3.05) is 11.4 Å². The van der Waals surface area contributed by atoms with Crippen molar-refractivity contribution in [2.45, 2.75) is 24.5 Å². The SMILES string of the molecule is O=C1[C@@H]2[C@@H](N=NN2CC(=O)N2N=C(c3ccccc3)C[C@H]2c2ccc([N+](=O)[O-])cc2)C(=O)N1c1ccccc1. The van der Waals surface area contributed by atoms with Gasteiger partial charge in [0.2, 0.25) is 0 Å². The fourth-order valence-electron chi connectivity index (χ4n) is 5.02. The van der Waals surface area contributed by atoms with E-state index in [9.17, 15) is 24.5 Å². The Morgan fingerprint density at radius 3 is 2.26 bits per heavy atom. The van der Waals surface area contributed by atoms with Gasteiger partial charge in [-0.05, 0) is 23.3 Å². The number of amides is 3. The highest BCUT2D eigenvalue weighted by Crippen LogP contribution is 2.35. The number of nitro benzene ring substituents is 1. The molecule has 0 aromatic heterocycles. The van der Waals surface area contributed by atoms with Crippen molar-refractivity contribution in [1.82, 2.24) is 10.0 Å². The average Bonchev–Trinajstić information content (AvgIpc) is 3.65. The number of carbonyl (C=O) groups is 3. The van der Waals surface area contributed by atoms with Gasteiger partial charge in [-0.2, -0.15) is 10.2 Å². The fourth-order valence-corrected chi connectivity index (χ4v) is 5.02. The zero-order chi connectivity index (χ0) is 27.1. The minimum atomic E-state index is -1.03. The van der Waals surface area contributed by atoms with Gasteiger partial charge in [-0.25, -0.2) is 9.91 Å². The maximum absolute atomic E-state index is 13.6. The number of para-hydroxylation sites is 1. The van der Waals surface area contributed by atoms with Crippen LogP contribution < -0.4 is 4.90 Å². The maximum atomic E-state index is 13.6. The molecule has 0 N–H and O–H groups in total. The molecular weight excluding hydrogens is 502 g/mol. The summed E-state index contributed by atoms with van der Waals surface area (Å²) in [7, 11) is 0. The van der Waals surface area contributed by atoms with Gasteiger partial charge in [-0.1, -0.05) is 65.9 Å². The van der Waals surface area contributed by atoms with Crippen molar-refractivity contribution in [3.63, 3.8) is 0 Å². The van der Waals surface area contributed by atoms with E-state index in [1.54, 1.807) is 42.5 Å². The first kappa shape index (κ1) is 24.1. The van der Waals surface area contributed by atoms with Crippen LogP contribution in [-0.2, 0) is 14.4 Å². The van der Waals surface area contributed by atoms with Gasteiger partial charge in [0.15, 0.2) is 12.1 Å². The lowest BCUT2D eigenvalue weighted by Gasteiger charge is -2.25. The Bertz CT molecular complexity index is 1530. The molecule has 3 aromatic rings. The highest BCUT2D eigenvalue weighted by Gasteiger charge is 2.55. The summed E-state index contributed by atoms with van der Waals surface area (Å²) in [6, 6.07) is 21.3. The number of hydrogen-bond donors (Lipinski definition) is 0. The number of hydrazone groups is 1. The fraction of sp³-hybridized carbons (Fsp3) is 0.185. The van der Waals surface area contributed by atoms with Crippen LogP contribution in [0.2, 0.25) is 0 Å². The zero-order valence-electron chi connectivity index (χ0n) is 20.4. The third-order valence-electron chi connectivity index (χ3n) is 6.93. The van der Waals surface area contributed by atoms with Gasteiger partial charge in [-0.3, -0.25) is 29.5 Å². The molecule has 12 heteroatoms. The number of carbonyl (C=O) groups excluding carboxylic acids is 3. The van der Waals surface area contributed by atoms with Crippen LogP contribution in [0.4, 0.5) is 11.4 Å². The summed E-state index contributed by atoms with van der Waals surface area (Å²) in [5.74, 6) is -1.46. The number of rotatable bonds is 6. The van der Waals surface area contributed by atoms with Crippen LogP contribution in [0.3, 0.4) is 0 Å². The van der Waals surface area contributed by atoms with E-state index in [1.165, 1.54) is 22.2 Å². The molecule has 12 nitrogen and oxygen atoms in total. The van der Waals surface area contributed by atoms with Crippen LogP contribution in [0, 0.1) is 10.1 Å². The Labute approximate surface area is 222 Å². The summed E-state index contributed by atoms with van der Waals surface area (Å²) < 4.78 is 0. The van der Waals surface area contributed by atoms with Crippen molar-refractivity contribution in [3.8, 4) is 0 Å². The minimum absolute atomic E-state index is 0.0604. The lowest BCUT2D eigenvalue weighted by Crippen LogP contribution is -2.44. The first-order chi connectivity index (χ1) is 18.9. The summed E-state index contributed by atoms with van der Waals surface area (Å²) in [4.78, 5) is 51.6. The number of anilines is 1. The molecule has 1 saturated heterocycles. The zero-order valence-corrected chi connectivity index (χ0v) is 20.4. The topological polar surface area (TPSA) is 141 Å². The van der Waals surface area contributed by atoms with Gasteiger partial charge in [0.25, 0.3) is 23.4 Å². The van der Waals surface area contributed by atoms with Gasteiger partial charge in [0, 0.05) is 18.6 Å². The van der Waals surface area contributed by atoms with Gasteiger partial charge < -0.3 is 0 Å². The van der Waals surface area contributed by atoms with Crippen molar-refractivity contribution in [1.29, 1.82) is 0 Å². The molecule has 194 valence electrons. The second-order valence-electron chi connectivity index (χ2n) is 9.26. The number of nitrogens with zero attached hydrogens (tertiary/aromatic N) is 7. The molecule has 6 rings (SSSR count). The van der Waals surface area contributed by atoms with Crippen molar-refractivity contribution >= 4 is 34.8 Å². The molecule has 0 bridgehead atoms. The van der Waals surface area contributed by atoms with Crippen LogP contribution in [0.15, 0.2) is 100 Å². The number of imide groups is 1. The third kappa shape index (κ3) is 4.21. The van der Waals surface area contributed by atoms with E-state index in [0.29, 0.717) is 23.4 Å². The summed E-state index contributed by atoms with van der Waals surface area (Å²) in [6.45, 7) is -0.332.